The van der Waals surface area contributed by atoms with Crippen LogP contribution in [-0.4, -0.2) is 6.29 Å². The zero-order valence-corrected chi connectivity index (χ0v) is 14.5. The number of aldehydes is 1. The van der Waals surface area contributed by atoms with Crippen LogP contribution >= 0.6 is 0 Å². The van der Waals surface area contributed by atoms with Crippen molar-refractivity contribution in [1.82, 2.24) is 0 Å². The molecule has 20 heavy (non-hydrogen) atoms. The second kappa shape index (κ2) is 12.2. The first kappa shape index (κ1) is 19.4. The van der Waals surface area contributed by atoms with Gasteiger partial charge in [0.25, 0.3) is 0 Å². The van der Waals surface area contributed by atoms with Gasteiger partial charge in [-0.15, -0.1) is 0 Å². The lowest BCUT2D eigenvalue weighted by Crippen LogP contribution is -2.00. The van der Waals surface area contributed by atoms with E-state index in [-0.39, 0.29) is 0 Å². The minimum atomic E-state index is 0.786. The monoisotopic (exact) mass is 280 g/mol. The summed E-state index contributed by atoms with van der Waals surface area (Å²) in [6, 6.07) is 0. The van der Waals surface area contributed by atoms with E-state index in [2.05, 4.69) is 33.8 Å². The summed E-state index contributed by atoms with van der Waals surface area (Å²) in [6.45, 7) is 11.3. The van der Waals surface area contributed by atoms with E-state index < -0.39 is 0 Å². The lowest BCUT2D eigenvalue weighted by Gasteiger charge is -2.14. The molecule has 0 aromatic carbocycles. The smallest absolute Gasteiger partial charge is 0.145 e. The van der Waals surface area contributed by atoms with Gasteiger partial charge in [-0.2, -0.15) is 0 Å². The number of hydrogen-bond donors (Lipinski definition) is 0. The average Bonchev–Trinajstić information content (AvgIpc) is 2.38. The third kappa shape index (κ3) is 12.4. The molecule has 0 saturated carbocycles. The molecule has 0 aliphatic heterocycles. The molecule has 0 aliphatic carbocycles. The Morgan fingerprint density at radius 2 is 1.35 bits per heavy atom. The van der Waals surface area contributed by atoms with Gasteiger partial charge in [-0.05, 0) is 43.1 Å². The molecule has 0 aromatic rings. The molecule has 0 bridgehead atoms. The van der Waals surface area contributed by atoms with Crippen molar-refractivity contribution >= 4 is 6.29 Å². The standard InChI is InChI=1S/C19H36O/c1-16(2)9-6-10-17(3)11-7-12-18(4)13-8-14-19(5)15-20/h14-18H,6-13H2,1-5H3. The fourth-order valence-corrected chi connectivity index (χ4v) is 2.62. The van der Waals surface area contributed by atoms with Crippen molar-refractivity contribution in [3.8, 4) is 0 Å². The Balaban J connectivity index is 3.55. The molecule has 1 nitrogen and oxygen atoms in total. The van der Waals surface area contributed by atoms with Crippen LogP contribution in [0.15, 0.2) is 11.6 Å². The van der Waals surface area contributed by atoms with Crippen LogP contribution in [0.4, 0.5) is 0 Å². The summed E-state index contributed by atoms with van der Waals surface area (Å²) in [5.41, 5.74) is 0.871. The molecule has 0 amide bonds. The van der Waals surface area contributed by atoms with Crippen LogP contribution in [0.25, 0.3) is 0 Å². The Morgan fingerprint density at radius 1 is 0.850 bits per heavy atom. The maximum Gasteiger partial charge on any atom is 0.145 e. The molecule has 2 atom stereocenters. The summed E-state index contributed by atoms with van der Waals surface area (Å²) in [7, 11) is 0. The molecule has 2 unspecified atom stereocenters. The largest absolute Gasteiger partial charge is 0.298 e. The molecule has 0 aliphatic rings. The van der Waals surface area contributed by atoms with Crippen LogP contribution in [0, 0.1) is 17.8 Å². The van der Waals surface area contributed by atoms with Crippen molar-refractivity contribution in [1.29, 1.82) is 0 Å². The van der Waals surface area contributed by atoms with Gasteiger partial charge in [0.1, 0.15) is 6.29 Å². The Kier molecular flexibility index (Phi) is 11.8. The van der Waals surface area contributed by atoms with Crippen LogP contribution in [0.5, 0.6) is 0 Å². The Labute approximate surface area is 127 Å². The predicted octanol–water partition coefficient (Wildman–Crippen LogP) is 6.18. The van der Waals surface area contributed by atoms with E-state index in [0.717, 1.165) is 36.0 Å². The van der Waals surface area contributed by atoms with Gasteiger partial charge < -0.3 is 0 Å². The Bertz CT molecular complexity index is 265. The molecule has 0 spiro atoms. The van der Waals surface area contributed by atoms with E-state index in [1.54, 1.807) is 0 Å². The molecular weight excluding hydrogens is 244 g/mol. The highest BCUT2D eigenvalue weighted by Gasteiger charge is 2.06. The van der Waals surface area contributed by atoms with Crippen molar-refractivity contribution < 1.29 is 4.79 Å². The van der Waals surface area contributed by atoms with E-state index in [1.807, 2.05) is 6.92 Å². The van der Waals surface area contributed by atoms with Gasteiger partial charge in [-0.3, -0.25) is 4.79 Å². The molecule has 0 rings (SSSR count). The molecule has 0 radical (unpaired) electrons. The van der Waals surface area contributed by atoms with E-state index in [0.29, 0.717) is 0 Å². The highest BCUT2D eigenvalue weighted by atomic mass is 16.1. The fraction of sp³-hybridized carbons (Fsp3) is 0.842. The molecule has 0 fully saturated rings. The Hall–Kier alpha value is -0.590. The second-order valence-corrected chi connectivity index (χ2v) is 7.11. The molecular formula is C19H36O. The maximum atomic E-state index is 10.5. The zero-order valence-electron chi connectivity index (χ0n) is 14.5. The van der Waals surface area contributed by atoms with Crippen molar-refractivity contribution in [2.24, 2.45) is 17.8 Å². The van der Waals surface area contributed by atoms with Crippen molar-refractivity contribution in [2.75, 3.05) is 0 Å². The summed E-state index contributed by atoms with van der Waals surface area (Å²) in [6.07, 6.45) is 13.5. The third-order valence-electron chi connectivity index (χ3n) is 4.18. The molecule has 0 aromatic heterocycles. The highest BCUT2D eigenvalue weighted by molar-refractivity contribution is 5.71. The molecule has 0 N–H and O–H groups in total. The summed E-state index contributed by atoms with van der Waals surface area (Å²) < 4.78 is 0. The van der Waals surface area contributed by atoms with E-state index >= 15 is 0 Å². The fourth-order valence-electron chi connectivity index (χ4n) is 2.62. The van der Waals surface area contributed by atoms with Gasteiger partial charge in [-0.25, -0.2) is 0 Å². The van der Waals surface area contributed by atoms with E-state index in [9.17, 15) is 4.79 Å². The first-order chi connectivity index (χ1) is 9.45. The zero-order chi connectivity index (χ0) is 15.4. The van der Waals surface area contributed by atoms with Crippen molar-refractivity contribution in [3.63, 3.8) is 0 Å². The lowest BCUT2D eigenvalue weighted by molar-refractivity contribution is -0.104. The van der Waals surface area contributed by atoms with Crippen LogP contribution in [0.2, 0.25) is 0 Å². The summed E-state index contributed by atoms with van der Waals surface area (Å²) >= 11 is 0. The van der Waals surface area contributed by atoms with Gasteiger partial charge in [0.05, 0.1) is 0 Å². The molecule has 118 valence electrons. The SMILES string of the molecule is CC(C=O)=CCCC(C)CCCC(C)CCCC(C)C. The van der Waals surface area contributed by atoms with Crippen LogP contribution < -0.4 is 0 Å². The van der Waals surface area contributed by atoms with Crippen LogP contribution in [0.1, 0.15) is 86.0 Å². The predicted molar refractivity (Wildman–Crippen MR) is 89.9 cm³/mol. The second-order valence-electron chi connectivity index (χ2n) is 7.11. The normalized spacial score (nSPS) is 15.4. The average molecular weight is 280 g/mol. The van der Waals surface area contributed by atoms with E-state index in [1.165, 1.54) is 44.9 Å². The third-order valence-corrected chi connectivity index (χ3v) is 4.18. The van der Waals surface area contributed by atoms with Gasteiger partial charge in [-0.1, -0.05) is 72.3 Å². The van der Waals surface area contributed by atoms with Gasteiger partial charge >= 0.3 is 0 Å². The number of hydrogen-bond acceptors (Lipinski definition) is 1. The summed E-state index contributed by atoms with van der Waals surface area (Å²) in [5.74, 6) is 2.52. The van der Waals surface area contributed by atoms with Crippen molar-refractivity contribution in [2.45, 2.75) is 86.0 Å². The quantitative estimate of drug-likeness (QED) is 0.308. The van der Waals surface area contributed by atoms with E-state index in [4.69, 9.17) is 0 Å². The highest BCUT2D eigenvalue weighted by Crippen LogP contribution is 2.21. The molecule has 0 saturated heterocycles. The summed E-state index contributed by atoms with van der Waals surface area (Å²) in [5, 5.41) is 0. The minimum absolute atomic E-state index is 0.786. The topological polar surface area (TPSA) is 17.1 Å². The first-order valence-electron chi connectivity index (χ1n) is 8.57. The molecule has 0 heterocycles. The molecule has 1 heteroatoms. The van der Waals surface area contributed by atoms with Gasteiger partial charge in [0.2, 0.25) is 0 Å². The van der Waals surface area contributed by atoms with Gasteiger partial charge in [0.15, 0.2) is 0 Å². The first-order valence-corrected chi connectivity index (χ1v) is 8.57. The number of rotatable bonds is 12. The van der Waals surface area contributed by atoms with Gasteiger partial charge in [0, 0.05) is 0 Å². The van der Waals surface area contributed by atoms with Crippen LogP contribution in [-0.2, 0) is 4.79 Å². The van der Waals surface area contributed by atoms with Crippen LogP contribution in [0.3, 0.4) is 0 Å². The number of carbonyl (C=O) groups excluding carboxylic acids is 1. The minimum Gasteiger partial charge on any atom is -0.298 e. The number of allylic oxidation sites excluding steroid dienone is 2. The van der Waals surface area contributed by atoms with Crippen molar-refractivity contribution in [3.05, 3.63) is 11.6 Å². The lowest BCUT2D eigenvalue weighted by atomic mass is 9.92. The number of carbonyl (C=O) groups is 1. The summed E-state index contributed by atoms with van der Waals surface area (Å²) in [4.78, 5) is 10.5. The maximum absolute atomic E-state index is 10.5. The Morgan fingerprint density at radius 3 is 1.85 bits per heavy atom.